The lowest BCUT2D eigenvalue weighted by atomic mass is 10.1. The fraction of sp³-hybridized carbons (Fsp3) is 0.348. The second-order valence-electron chi connectivity index (χ2n) is 7.04. The molecule has 0 saturated carbocycles. The number of hydrogen-bond acceptors (Lipinski definition) is 5. The number of anilines is 1. The molecule has 0 atom stereocenters. The molecular weight excluding hydrogens is 396 g/mol. The van der Waals surface area contributed by atoms with Crippen molar-refractivity contribution in [2.45, 2.75) is 52.4 Å². The number of para-hydroxylation sites is 1. The molecule has 0 radical (unpaired) electrons. The van der Waals surface area contributed by atoms with E-state index in [-0.39, 0.29) is 11.7 Å². The molecule has 0 unspecified atom stereocenters. The molecule has 0 bridgehead atoms. The van der Waals surface area contributed by atoms with Gasteiger partial charge >= 0.3 is 0 Å². The Labute approximate surface area is 182 Å². The molecule has 1 heterocycles. The van der Waals surface area contributed by atoms with Gasteiger partial charge < -0.3 is 14.6 Å². The van der Waals surface area contributed by atoms with Crippen molar-refractivity contribution < 1.29 is 9.53 Å². The number of amides is 1. The first-order valence-corrected chi connectivity index (χ1v) is 11.1. The summed E-state index contributed by atoms with van der Waals surface area (Å²) in [5.41, 5.74) is 4.31. The largest absolute Gasteiger partial charge is 0.486 e. The van der Waals surface area contributed by atoms with E-state index in [9.17, 15) is 4.79 Å². The molecule has 0 aliphatic rings. The van der Waals surface area contributed by atoms with Gasteiger partial charge in [-0.3, -0.25) is 4.79 Å². The van der Waals surface area contributed by atoms with Crippen LogP contribution in [-0.2, 0) is 24.4 Å². The lowest BCUT2D eigenvalue weighted by molar-refractivity contribution is -0.113. The fourth-order valence-corrected chi connectivity index (χ4v) is 3.96. The highest BCUT2D eigenvalue weighted by atomic mass is 32.2. The van der Waals surface area contributed by atoms with Crippen LogP contribution >= 0.6 is 11.8 Å². The number of ether oxygens (including phenoxy) is 1. The van der Waals surface area contributed by atoms with Crippen molar-refractivity contribution in [3.05, 3.63) is 65.0 Å². The number of thioether (sulfide) groups is 1. The van der Waals surface area contributed by atoms with Gasteiger partial charge in [0.1, 0.15) is 12.4 Å². The molecule has 3 rings (SSSR count). The molecule has 6 nitrogen and oxygen atoms in total. The van der Waals surface area contributed by atoms with Gasteiger partial charge in [-0.15, -0.1) is 10.2 Å². The number of aryl methyl sites for hydroxylation is 3. The Morgan fingerprint density at radius 3 is 2.57 bits per heavy atom. The Morgan fingerprint density at radius 1 is 1.10 bits per heavy atom. The number of rotatable bonds is 9. The number of carbonyl (C=O) groups is 1. The van der Waals surface area contributed by atoms with E-state index >= 15 is 0 Å². The highest BCUT2D eigenvalue weighted by Gasteiger charge is 2.15. The Morgan fingerprint density at radius 2 is 1.87 bits per heavy atom. The van der Waals surface area contributed by atoms with Gasteiger partial charge in [0.15, 0.2) is 11.0 Å². The number of nitrogens with zero attached hydrogens (tertiary/aromatic N) is 3. The quantitative estimate of drug-likeness (QED) is 0.500. The summed E-state index contributed by atoms with van der Waals surface area (Å²) >= 11 is 1.38. The van der Waals surface area contributed by atoms with Gasteiger partial charge in [0.2, 0.25) is 5.91 Å². The van der Waals surface area contributed by atoms with Crippen LogP contribution in [0.2, 0.25) is 0 Å². The topological polar surface area (TPSA) is 69.0 Å². The monoisotopic (exact) mass is 424 g/mol. The summed E-state index contributed by atoms with van der Waals surface area (Å²) in [6, 6.07) is 14.0. The number of aromatic nitrogens is 3. The normalized spacial score (nSPS) is 10.8. The first-order chi connectivity index (χ1) is 14.5. The van der Waals surface area contributed by atoms with Gasteiger partial charge in [-0.25, -0.2) is 0 Å². The number of benzene rings is 2. The molecule has 0 aliphatic carbocycles. The van der Waals surface area contributed by atoms with Crippen LogP contribution in [0.5, 0.6) is 5.75 Å². The minimum Gasteiger partial charge on any atom is -0.486 e. The predicted molar refractivity (Wildman–Crippen MR) is 121 cm³/mol. The van der Waals surface area contributed by atoms with Gasteiger partial charge in [0.25, 0.3) is 0 Å². The Kier molecular flexibility index (Phi) is 7.52. The van der Waals surface area contributed by atoms with Crippen LogP contribution in [0, 0.1) is 13.8 Å². The van der Waals surface area contributed by atoms with E-state index in [0.29, 0.717) is 13.2 Å². The Hall–Kier alpha value is -2.80. The van der Waals surface area contributed by atoms with Crippen LogP contribution in [0.1, 0.15) is 36.4 Å². The van der Waals surface area contributed by atoms with Crippen molar-refractivity contribution in [3.8, 4) is 5.75 Å². The average molecular weight is 425 g/mol. The van der Waals surface area contributed by atoms with Gasteiger partial charge in [-0.1, -0.05) is 54.6 Å². The van der Waals surface area contributed by atoms with Crippen molar-refractivity contribution in [1.82, 2.24) is 14.8 Å². The molecule has 158 valence electrons. The third kappa shape index (κ3) is 5.42. The maximum absolute atomic E-state index is 12.5. The summed E-state index contributed by atoms with van der Waals surface area (Å²) in [4.78, 5) is 12.5. The summed E-state index contributed by atoms with van der Waals surface area (Å²) in [7, 11) is 0. The third-order valence-corrected chi connectivity index (χ3v) is 5.80. The van der Waals surface area contributed by atoms with Crippen LogP contribution in [0.15, 0.2) is 47.6 Å². The van der Waals surface area contributed by atoms with Gasteiger partial charge in [0.05, 0.1) is 5.75 Å². The second kappa shape index (κ2) is 10.3. The Bertz CT molecular complexity index is 999. The maximum atomic E-state index is 12.5. The molecule has 1 amide bonds. The summed E-state index contributed by atoms with van der Waals surface area (Å²) in [5, 5.41) is 12.3. The fourth-order valence-electron chi connectivity index (χ4n) is 3.14. The molecular formula is C23H28N4O2S. The third-order valence-electron chi connectivity index (χ3n) is 4.84. The van der Waals surface area contributed by atoms with E-state index in [4.69, 9.17) is 4.74 Å². The van der Waals surface area contributed by atoms with Crippen LogP contribution < -0.4 is 10.1 Å². The summed E-state index contributed by atoms with van der Waals surface area (Å²) in [5.74, 6) is 1.76. The van der Waals surface area contributed by atoms with Gasteiger partial charge in [0, 0.05) is 12.2 Å². The number of carbonyl (C=O) groups excluding carboxylic acids is 1. The highest BCUT2D eigenvalue weighted by Crippen LogP contribution is 2.23. The minimum absolute atomic E-state index is 0.0490. The van der Waals surface area contributed by atoms with Gasteiger partial charge in [-0.05, 0) is 50.5 Å². The maximum Gasteiger partial charge on any atom is 0.234 e. The average Bonchev–Trinajstić information content (AvgIpc) is 3.15. The smallest absolute Gasteiger partial charge is 0.234 e. The molecule has 2 aromatic carbocycles. The Balaban J connectivity index is 1.60. The summed E-state index contributed by atoms with van der Waals surface area (Å²) in [6.07, 6.45) is 0.874. The molecule has 0 spiro atoms. The molecule has 3 aromatic rings. The molecule has 0 aliphatic heterocycles. The molecule has 7 heteroatoms. The van der Waals surface area contributed by atoms with E-state index in [1.165, 1.54) is 17.3 Å². The molecule has 30 heavy (non-hydrogen) atoms. The minimum atomic E-state index is -0.0490. The summed E-state index contributed by atoms with van der Waals surface area (Å²) in [6.45, 7) is 9.21. The van der Waals surface area contributed by atoms with Crippen molar-refractivity contribution >= 4 is 23.4 Å². The molecule has 0 fully saturated rings. The van der Waals surface area contributed by atoms with Crippen LogP contribution in [-0.4, -0.2) is 26.4 Å². The van der Waals surface area contributed by atoms with E-state index in [1.807, 2.05) is 67.8 Å². The first kappa shape index (κ1) is 21.9. The molecule has 0 saturated heterocycles. The van der Waals surface area contributed by atoms with E-state index in [2.05, 4.69) is 22.4 Å². The van der Waals surface area contributed by atoms with E-state index in [0.717, 1.165) is 40.0 Å². The standard InChI is InChI=1S/C23H28N4O2S/c1-5-18-9-7-8-17(4)22(18)24-21(28)15-30-23-26-25-20(27(23)6-2)14-29-19-12-10-16(3)11-13-19/h7-13H,5-6,14-15H2,1-4H3,(H,24,28). The van der Waals surface area contributed by atoms with E-state index < -0.39 is 0 Å². The van der Waals surface area contributed by atoms with Crippen molar-refractivity contribution in [2.24, 2.45) is 0 Å². The van der Waals surface area contributed by atoms with Crippen molar-refractivity contribution in [2.75, 3.05) is 11.1 Å². The van der Waals surface area contributed by atoms with Crippen molar-refractivity contribution in [3.63, 3.8) is 0 Å². The molecule has 1 aromatic heterocycles. The van der Waals surface area contributed by atoms with Crippen LogP contribution in [0.3, 0.4) is 0 Å². The number of nitrogens with one attached hydrogen (secondary N) is 1. The molecule has 1 N–H and O–H groups in total. The zero-order valence-corrected chi connectivity index (χ0v) is 18.8. The van der Waals surface area contributed by atoms with Gasteiger partial charge in [-0.2, -0.15) is 0 Å². The van der Waals surface area contributed by atoms with Crippen molar-refractivity contribution in [1.29, 1.82) is 0 Å². The van der Waals surface area contributed by atoms with Crippen LogP contribution in [0.4, 0.5) is 5.69 Å². The lowest BCUT2D eigenvalue weighted by Crippen LogP contribution is -2.17. The zero-order valence-electron chi connectivity index (χ0n) is 17.9. The second-order valence-corrected chi connectivity index (χ2v) is 7.99. The number of hydrogen-bond donors (Lipinski definition) is 1. The first-order valence-electron chi connectivity index (χ1n) is 10.1. The highest BCUT2D eigenvalue weighted by molar-refractivity contribution is 7.99. The SMILES string of the molecule is CCc1cccc(C)c1NC(=O)CSc1nnc(COc2ccc(C)cc2)n1CC. The summed E-state index contributed by atoms with van der Waals surface area (Å²) < 4.78 is 7.82. The van der Waals surface area contributed by atoms with E-state index in [1.54, 1.807) is 0 Å². The zero-order chi connectivity index (χ0) is 21.5. The predicted octanol–water partition coefficient (Wildman–Crippen LogP) is 4.79. The lowest BCUT2D eigenvalue weighted by Gasteiger charge is -2.13. The van der Waals surface area contributed by atoms with Crippen LogP contribution in [0.25, 0.3) is 0 Å².